The van der Waals surface area contributed by atoms with Gasteiger partial charge in [0.25, 0.3) is 0 Å². The third kappa shape index (κ3) is 3.46. The number of benzene rings is 3. The molecular formula is C30H25N7. The minimum absolute atomic E-state index is 0.294. The van der Waals surface area contributed by atoms with Gasteiger partial charge >= 0.3 is 0 Å². The molecule has 0 aliphatic carbocycles. The predicted octanol–water partition coefficient (Wildman–Crippen LogP) is 6.95. The van der Waals surface area contributed by atoms with Crippen molar-refractivity contribution in [3.05, 3.63) is 78.9 Å². The first-order chi connectivity index (χ1) is 18.1. The Bertz CT molecular complexity index is 1960. The van der Waals surface area contributed by atoms with E-state index in [2.05, 4.69) is 94.2 Å². The number of aromatic nitrogens is 7. The van der Waals surface area contributed by atoms with Crippen LogP contribution in [0.3, 0.4) is 0 Å². The predicted molar refractivity (Wildman–Crippen MR) is 148 cm³/mol. The van der Waals surface area contributed by atoms with Gasteiger partial charge in [-0.2, -0.15) is 0 Å². The van der Waals surface area contributed by atoms with Gasteiger partial charge in [0, 0.05) is 45.8 Å². The lowest BCUT2D eigenvalue weighted by Gasteiger charge is -2.09. The Morgan fingerprint density at radius 3 is 2.51 bits per heavy atom. The van der Waals surface area contributed by atoms with Crippen LogP contribution < -0.4 is 0 Å². The average Bonchev–Trinajstić information content (AvgIpc) is 3.61. The lowest BCUT2D eigenvalue weighted by molar-refractivity contribution is 0.799. The molecule has 0 spiro atoms. The van der Waals surface area contributed by atoms with E-state index >= 15 is 0 Å². The molecule has 2 N–H and O–H groups in total. The minimum atomic E-state index is 0.294. The van der Waals surface area contributed by atoms with Crippen LogP contribution >= 0.6 is 0 Å². The summed E-state index contributed by atoms with van der Waals surface area (Å²) in [4.78, 5) is 30.2. The number of nitrogens with one attached hydrogen (secondary N) is 2. The van der Waals surface area contributed by atoms with Gasteiger partial charge in [-0.3, -0.25) is 0 Å². The maximum Gasteiger partial charge on any atom is 0.116 e. The van der Waals surface area contributed by atoms with Crippen molar-refractivity contribution < 1.29 is 0 Å². The van der Waals surface area contributed by atoms with Gasteiger partial charge in [-0.25, -0.2) is 24.9 Å². The summed E-state index contributed by atoms with van der Waals surface area (Å²) in [5, 5.41) is 4.25. The summed E-state index contributed by atoms with van der Waals surface area (Å²) in [6, 6.07) is 17.0. The fraction of sp³-hybridized carbons (Fsp3) is 0.167. The van der Waals surface area contributed by atoms with E-state index in [0.717, 1.165) is 84.2 Å². The second-order valence-electron chi connectivity index (χ2n) is 9.75. The zero-order valence-corrected chi connectivity index (χ0v) is 20.9. The van der Waals surface area contributed by atoms with E-state index in [1.165, 1.54) is 0 Å². The van der Waals surface area contributed by atoms with E-state index in [0.29, 0.717) is 5.92 Å². The van der Waals surface area contributed by atoms with Crippen LogP contribution in [0.25, 0.3) is 66.1 Å². The van der Waals surface area contributed by atoms with Crippen molar-refractivity contribution in [1.29, 1.82) is 0 Å². The number of hydrogen-bond acceptors (Lipinski definition) is 5. The zero-order chi connectivity index (χ0) is 25.1. The number of aromatic amines is 2. The number of rotatable bonds is 4. The van der Waals surface area contributed by atoms with E-state index in [9.17, 15) is 0 Å². The monoisotopic (exact) mass is 483 g/mol. The van der Waals surface area contributed by atoms with Crippen molar-refractivity contribution in [2.75, 3.05) is 0 Å². The lowest BCUT2D eigenvalue weighted by Crippen LogP contribution is -1.90. The lowest BCUT2D eigenvalue weighted by atomic mass is 9.99. The normalized spacial score (nSPS) is 12.0. The molecule has 0 aliphatic rings. The number of fused-ring (bicyclic) bond motifs is 7. The second-order valence-corrected chi connectivity index (χ2v) is 9.75. The van der Waals surface area contributed by atoms with Gasteiger partial charge in [-0.05, 0) is 29.7 Å². The molecule has 0 radical (unpaired) electrons. The van der Waals surface area contributed by atoms with E-state index in [4.69, 9.17) is 9.97 Å². The van der Waals surface area contributed by atoms with Crippen LogP contribution in [0.15, 0.2) is 67.3 Å². The first kappa shape index (κ1) is 21.6. The first-order valence-electron chi connectivity index (χ1n) is 12.6. The van der Waals surface area contributed by atoms with Gasteiger partial charge in [0.2, 0.25) is 0 Å². The summed E-state index contributed by atoms with van der Waals surface area (Å²) >= 11 is 0. The molecule has 4 aromatic heterocycles. The summed E-state index contributed by atoms with van der Waals surface area (Å²) in [6.07, 6.45) is 6.26. The van der Waals surface area contributed by atoms with Crippen molar-refractivity contribution in [3.8, 4) is 22.5 Å². The Morgan fingerprint density at radius 1 is 0.784 bits per heavy atom. The average molecular weight is 484 g/mol. The van der Waals surface area contributed by atoms with E-state index in [-0.39, 0.29) is 0 Å². The van der Waals surface area contributed by atoms with Crippen LogP contribution in [-0.2, 0) is 6.42 Å². The van der Waals surface area contributed by atoms with Crippen LogP contribution in [-0.4, -0.2) is 34.9 Å². The van der Waals surface area contributed by atoms with Gasteiger partial charge in [0.05, 0.1) is 39.7 Å². The summed E-state index contributed by atoms with van der Waals surface area (Å²) in [5.41, 5.74) is 7.85. The standard InChI is InChI=1S/C30H25N7/c1-4-26-32-14-25(35-26)18-7-10-23-17(11-18)6-9-24(34-23)19-5-8-20-21(12-19)22-13-31-15-33-27(22)29-28(20)36-30(37-29)16(2)3/h5-16H,4H2,1-3H3,(H,32,35)(H,36,37). The summed E-state index contributed by atoms with van der Waals surface area (Å²) in [5.74, 6) is 2.25. The second kappa shape index (κ2) is 8.20. The summed E-state index contributed by atoms with van der Waals surface area (Å²) in [7, 11) is 0. The highest BCUT2D eigenvalue weighted by Crippen LogP contribution is 2.36. The molecule has 0 fully saturated rings. The molecule has 0 atom stereocenters. The van der Waals surface area contributed by atoms with Gasteiger partial charge in [-0.1, -0.05) is 45.0 Å². The topological polar surface area (TPSA) is 96.0 Å². The first-order valence-corrected chi connectivity index (χ1v) is 12.6. The number of imidazole rings is 2. The Balaban J connectivity index is 1.37. The van der Waals surface area contributed by atoms with Crippen LogP contribution in [0.2, 0.25) is 0 Å². The molecule has 0 bridgehead atoms. The highest BCUT2D eigenvalue weighted by molar-refractivity contribution is 6.22. The molecule has 7 rings (SSSR count). The van der Waals surface area contributed by atoms with Crippen LogP contribution in [0.5, 0.6) is 0 Å². The minimum Gasteiger partial charge on any atom is -0.342 e. The molecule has 0 saturated heterocycles. The van der Waals surface area contributed by atoms with E-state index < -0.39 is 0 Å². The van der Waals surface area contributed by atoms with Crippen molar-refractivity contribution in [1.82, 2.24) is 34.9 Å². The molecule has 7 heteroatoms. The molecule has 7 aromatic rings. The number of nitrogens with zero attached hydrogens (tertiary/aromatic N) is 5. The molecule has 180 valence electrons. The Kier molecular flexibility index (Phi) is 4.79. The highest BCUT2D eigenvalue weighted by atomic mass is 14.9. The van der Waals surface area contributed by atoms with E-state index in [1.807, 2.05) is 12.4 Å². The van der Waals surface area contributed by atoms with Crippen molar-refractivity contribution in [2.24, 2.45) is 0 Å². The van der Waals surface area contributed by atoms with Gasteiger partial charge < -0.3 is 9.97 Å². The van der Waals surface area contributed by atoms with Crippen LogP contribution in [0, 0.1) is 0 Å². The van der Waals surface area contributed by atoms with Crippen molar-refractivity contribution in [2.45, 2.75) is 33.1 Å². The Morgan fingerprint density at radius 2 is 1.68 bits per heavy atom. The highest BCUT2D eigenvalue weighted by Gasteiger charge is 2.16. The maximum atomic E-state index is 5.00. The van der Waals surface area contributed by atoms with Crippen LogP contribution in [0.4, 0.5) is 0 Å². The fourth-order valence-corrected chi connectivity index (χ4v) is 5.03. The van der Waals surface area contributed by atoms with Gasteiger partial charge in [0.15, 0.2) is 0 Å². The smallest absolute Gasteiger partial charge is 0.116 e. The third-order valence-electron chi connectivity index (χ3n) is 7.04. The van der Waals surface area contributed by atoms with Gasteiger partial charge in [0.1, 0.15) is 18.0 Å². The molecule has 0 aliphatic heterocycles. The molecule has 7 nitrogen and oxygen atoms in total. The largest absolute Gasteiger partial charge is 0.342 e. The molecular weight excluding hydrogens is 458 g/mol. The zero-order valence-electron chi connectivity index (χ0n) is 20.9. The van der Waals surface area contributed by atoms with E-state index in [1.54, 1.807) is 6.33 Å². The van der Waals surface area contributed by atoms with Gasteiger partial charge in [-0.15, -0.1) is 0 Å². The number of H-pyrrole nitrogens is 2. The molecule has 37 heavy (non-hydrogen) atoms. The fourth-order valence-electron chi connectivity index (χ4n) is 5.03. The van der Waals surface area contributed by atoms with Crippen molar-refractivity contribution in [3.63, 3.8) is 0 Å². The van der Waals surface area contributed by atoms with Crippen molar-refractivity contribution >= 4 is 43.6 Å². The number of pyridine rings is 1. The van der Waals surface area contributed by atoms with Crippen LogP contribution in [0.1, 0.15) is 38.3 Å². The Hall–Kier alpha value is -4.65. The SMILES string of the molecule is CCc1ncc(-c2ccc3nc(-c4ccc5c(c4)c4cncnc4c4[nH]c(C(C)C)nc54)ccc3c2)[nH]1. The number of aryl methyl sites for hydroxylation is 1. The quantitative estimate of drug-likeness (QED) is 0.264. The Labute approximate surface area is 213 Å². The molecule has 4 heterocycles. The molecule has 0 unspecified atom stereocenters. The number of hydrogen-bond donors (Lipinski definition) is 2. The molecule has 0 saturated carbocycles. The molecule has 0 amide bonds. The third-order valence-corrected chi connectivity index (χ3v) is 7.04. The summed E-state index contributed by atoms with van der Waals surface area (Å²) < 4.78 is 0. The molecule has 3 aromatic carbocycles. The summed E-state index contributed by atoms with van der Waals surface area (Å²) in [6.45, 7) is 6.37. The maximum absolute atomic E-state index is 5.00.